The molecule has 0 aliphatic heterocycles. The summed E-state index contributed by atoms with van der Waals surface area (Å²) in [6, 6.07) is 0. The molecule has 4 N–H and O–H groups in total. The van der Waals surface area contributed by atoms with E-state index in [0.29, 0.717) is 0 Å². The topological polar surface area (TPSA) is 118 Å². The Balaban J connectivity index is 0. The average molecular weight is 260 g/mol. The maximum atomic E-state index is 10.3. The van der Waals surface area contributed by atoms with Gasteiger partial charge < -0.3 is 15.9 Å². The number of aliphatic carboxylic acids is 2. The van der Waals surface area contributed by atoms with Crippen LogP contribution in [0.1, 0.15) is 12.8 Å². The van der Waals surface area contributed by atoms with E-state index in [9.17, 15) is 14.4 Å². The number of carboxylic acids is 2. The highest BCUT2D eigenvalue weighted by Gasteiger charge is 2.05. The summed E-state index contributed by atoms with van der Waals surface area (Å²) in [5, 5.41) is 15.8. The Kier molecular flexibility index (Phi) is 10.7. The van der Waals surface area contributed by atoms with Gasteiger partial charge in [-0.2, -0.15) is 0 Å². The second-order valence-electron chi connectivity index (χ2n) is 2.28. The number of alkyl halides is 2. The molecule has 0 aromatic heterocycles. The van der Waals surface area contributed by atoms with Crippen molar-refractivity contribution in [3.05, 3.63) is 0 Å². The van der Waals surface area contributed by atoms with Crippen molar-refractivity contribution in [1.29, 1.82) is 0 Å². The van der Waals surface area contributed by atoms with E-state index >= 15 is 0 Å². The molecule has 0 atom stereocenters. The van der Waals surface area contributed by atoms with Crippen LogP contribution in [0.15, 0.2) is 0 Å². The van der Waals surface area contributed by atoms with Crippen LogP contribution in [0.3, 0.4) is 0 Å². The van der Waals surface area contributed by atoms with Gasteiger partial charge in [0, 0.05) is 6.42 Å². The minimum absolute atomic E-state index is 0.0475. The normalized spacial score (nSPS) is 9.07. The fourth-order valence-corrected chi connectivity index (χ4v) is 0.348. The van der Waals surface area contributed by atoms with Crippen LogP contribution in [-0.2, 0) is 14.4 Å². The lowest BCUT2D eigenvalue weighted by Gasteiger charge is -1.90. The molecule has 0 aromatic carbocycles. The average Bonchev–Trinajstić information content (AvgIpc) is 2.14. The Morgan fingerprint density at radius 2 is 1.53 bits per heavy atom. The van der Waals surface area contributed by atoms with Crippen LogP contribution in [0.2, 0.25) is 0 Å². The molecule has 0 spiro atoms. The smallest absolute Gasteiger partial charge is 0.337 e. The minimum atomic E-state index is -1.29. The molecule has 0 aliphatic carbocycles. The van der Waals surface area contributed by atoms with E-state index < -0.39 is 16.8 Å². The van der Waals surface area contributed by atoms with E-state index in [-0.39, 0.29) is 25.2 Å². The summed E-state index contributed by atoms with van der Waals surface area (Å²) in [7, 11) is 0. The Labute approximate surface area is 96.0 Å². The molecule has 0 aromatic rings. The zero-order chi connectivity index (χ0) is 12.4. The molecule has 0 amide bonds. The van der Waals surface area contributed by atoms with Gasteiger partial charge in [-0.1, -0.05) is 23.2 Å². The highest BCUT2D eigenvalue weighted by Crippen LogP contribution is 1.98. The Morgan fingerprint density at radius 3 is 1.73 bits per heavy atom. The third-order valence-corrected chi connectivity index (χ3v) is 1.41. The zero-order valence-corrected chi connectivity index (χ0v) is 9.16. The number of halogens is 2. The lowest BCUT2D eigenvalue weighted by Crippen LogP contribution is -2.14. The van der Waals surface area contributed by atoms with Crippen LogP contribution >= 0.6 is 23.2 Å². The Bertz CT molecular complexity index is 231. The summed E-state index contributed by atoms with van der Waals surface area (Å²) in [6.45, 7) is -0.0622. The number of carboxylic acid groups (broad SMARTS) is 2. The van der Waals surface area contributed by atoms with Crippen LogP contribution in [0.4, 0.5) is 0 Å². The number of carbonyl (C=O) groups excluding carboxylic acids is 1. The summed E-state index contributed by atoms with van der Waals surface area (Å²) >= 11 is 9.56. The first kappa shape index (κ1) is 16.6. The van der Waals surface area contributed by atoms with Gasteiger partial charge in [0.15, 0.2) is 0 Å². The van der Waals surface area contributed by atoms with Crippen LogP contribution in [0.5, 0.6) is 0 Å². The van der Waals surface area contributed by atoms with Crippen molar-refractivity contribution in [1.82, 2.24) is 0 Å². The second kappa shape index (κ2) is 9.70. The van der Waals surface area contributed by atoms with Gasteiger partial charge in [0.1, 0.15) is 5.78 Å². The summed E-state index contributed by atoms with van der Waals surface area (Å²) in [6.07, 6.45) is -0.0676. The molecule has 0 heterocycles. The molecule has 88 valence electrons. The quantitative estimate of drug-likeness (QED) is 0.610. The zero-order valence-electron chi connectivity index (χ0n) is 7.65. The summed E-state index contributed by atoms with van der Waals surface area (Å²) in [4.78, 5) is 28.3. The third kappa shape index (κ3) is 15.9. The fraction of sp³-hybridized carbons (Fsp3) is 0.571. The predicted octanol–water partition coefficient (Wildman–Crippen LogP) is 0.254. The molecule has 0 unspecified atom stereocenters. The maximum absolute atomic E-state index is 10.3. The summed E-state index contributed by atoms with van der Waals surface area (Å²) < 4.78 is 0. The molecule has 0 rings (SSSR count). The number of carbonyl (C=O) groups is 3. The first-order chi connectivity index (χ1) is 6.81. The number of hydrogen-bond acceptors (Lipinski definition) is 4. The molecule has 0 radical (unpaired) electrons. The highest BCUT2D eigenvalue weighted by atomic mass is 35.5. The van der Waals surface area contributed by atoms with Crippen LogP contribution in [0, 0.1) is 0 Å². The van der Waals surface area contributed by atoms with Crippen LogP contribution in [-0.4, -0.2) is 39.3 Å². The molecular formula is C7H11Cl2NO5. The number of ketones is 1. The van der Waals surface area contributed by atoms with Crippen molar-refractivity contribution in [2.75, 3.05) is 6.54 Å². The third-order valence-electron chi connectivity index (χ3n) is 1.03. The van der Waals surface area contributed by atoms with Crippen LogP contribution in [0.25, 0.3) is 0 Å². The minimum Gasteiger partial charge on any atom is -0.481 e. The van der Waals surface area contributed by atoms with Gasteiger partial charge in [0.2, 0.25) is 4.84 Å². The first-order valence-corrected chi connectivity index (χ1v) is 4.63. The van der Waals surface area contributed by atoms with E-state index in [1.807, 2.05) is 0 Å². The number of rotatable bonds is 5. The van der Waals surface area contributed by atoms with Crippen molar-refractivity contribution in [2.24, 2.45) is 5.73 Å². The maximum Gasteiger partial charge on any atom is 0.337 e. The lowest BCUT2D eigenvalue weighted by atomic mass is 10.2. The van der Waals surface area contributed by atoms with Gasteiger partial charge in [0.05, 0.1) is 13.0 Å². The Morgan fingerprint density at radius 1 is 1.13 bits per heavy atom. The van der Waals surface area contributed by atoms with Gasteiger partial charge in [-0.25, -0.2) is 4.79 Å². The van der Waals surface area contributed by atoms with Crippen LogP contribution < -0.4 is 5.73 Å². The molecular weight excluding hydrogens is 249 g/mol. The van der Waals surface area contributed by atoms with Gasteiger partial charge >= 0.3 is 11.9 Å². The standard InChI is InChI=1S/C5H9NO3.C2H2Cl2O2/c6-3-4(7)1-2-5(8)9;3-1(4)2(5)6/h1-3,6H2,(H,8,9);1H,(H,5,6). The van der Waals surface area contributed by atoms with Crippen molar-refractivity contribution in [3.63, 3.8) is 0 Å². The molecule has 15 heavy (non-hydrogen) atoms. The Hall–Kier alpha value is -0.850. The highest BCUT2D eigenvalue weighted by molar-refractivity contribution is 6.52. The van der Waals surface area contributed by atoms with E-state index in [2.05, 4.69) is 0 Å². The molecule has 8 heteroatoms. The number of hydrogen-bond donors (Lipinski definition) is 3. The summed E-state index contributed by atoms with van der Waals surface area (Å²) in [5.41, 5.74) is 4.92. The van der Waals surface area contributed by atoms with Gasteiger partial charge in [-0.05, 0) is 0 Å². The molecule has 0 saturated carbocycles. The number of nitrogens with two attached hydrogens (primary N) is 1. The van der Waals surface area contributed by atoms with E-state index in [0.717, 1.165) is 0 Å². The predicted molar refractivity (Wildman–Crippen MR) is 54.1 cm³/mol. The van der Waals surface area contributed by atoms with Crippen molar-refractivity contribution >= 4 is 40.9 Å². The van der Waals surface area contributed by atoms with Gasteiger partial charge in [0.25, 0.3) is 0 Å². The fourth-order valence-electron chi connectivity index (χ4n) is 0.348. The van der Waals surface area contributed by atoms with Gasteiger partial charge in [-0.3, -0.25) is 9.59 Å². The van der Waals surface area contributed by atoms with Crippen molar-refractivity contribution < 1.29 is 24.6 Å². The molecule has 6 nitrogen and oxygen atoms in total. The first-order valence-electron chi connectivity index (χ1n) is 3.75. The monoisotopic (exact) mass is 259 g/mol. The lowest BCUT2D eigenvalue weighted by molar-refractivity contribution is -0.138. The van der Waals surface area contributed by atoms with Crippen molar-refractivity contribution in [3.8, 4) is 0 Å². The number of Topliss-reactive ketones (excluding diaryl/α,β-unsaturated/α-hetero) is 1. The largest absolute Gasteiger partial charge is 0.481 e. The molecule has 0 bridgehead atoms. The molecule has 0 fully saturated rings. The summed E-state index contributed by atoms with van der Waals surface area (Å²) in [5.74, 6) is -2.38. The SMILES string of the molecule is NCC(=O)CCC(=O)O.O=C(O)C(Cl)Cl. The van der Waals surface area contributed by atoms with E-state index in [1.165, 1.54) is 0 Å². The second-order valence-corrected chi connectivity index (χ2v) is 3.37. The molecule has 0 aliphatic rings. The van der Waals surface area contributed by atoms with E-state index in [4.69, 9.17) is 39.1 Å². The van der Waals surface area contributed by atoms with Gasteiger partial charge in [-0.15, -0.1) is 0 Å². The van der Waals surface area contributed by atoms with Crippen molar-refractivity contribution in [2.45, 2.75) is 17.7 Å². The molecule has 0 saturated heterocycles. The van der Waals surface area contributed by atoms with E-state index in [1.54, 1.807) is 0 Å².